The monoisotopic (exact) mass is 498 g/mol. The van der Waals surface area contributed by atoms with E-state index in [1.165, 1.54) is 56.1 Å². The molecular formula is C35H46O2. The fraction of sp³-hybridized carbons (Fsp3) is 0.600. The van der Waals surface area contributed by atoms with Crippen molar-refractivity contribution < 1.29 is 9.47 Å². The van der Waals surface area contributed by atoms with Crippen LogP contribution in [0.5, 0.6) is 0 Å². The Bertz CT molecular complexity index is 1080. The lowest BCUT2D eigenvalue weighted by molar-refractivity contribution is -0.188. The van der Waals surface area contributed by atoms with Crippen molar-refractivity contribution in [1.82, 2.24) is 0 Å². The highest BCUT2D eigenvalue weighted by Crippen LogP contribution is 2.67. The fourth-order valence-corrected chi connectivity index (χ4v) is 9.46. The van der Waals surface area contributed by atoms with Gasteiger partial charge in [0.05, 0.1) is 25.4 Å². The van der Waals surface area contributed by atoms with Gasteiger partial charge < -0.3 is 9.47 Å². The Morgan fingerprint density at radius 2 is 1.43 bits per heavy atom. The Morgan fingerprint density at radius 1 is 0.757 bits per heavy atom. The highest BCUT2D eigenvalue weighted by Gasteiger charge is 2.61. The summed E-state index contributed by atoms with van der Waals surface area (Å²) in [6, 6.07) is 21.5. The Labute approximate surface area is 224 Å². The van der Waals surface area contributed by atoms with Crippen LogP contribution >= 0.6 is 0 Å². The minimum Gasteiger partial charge on any atom is -0.374 e. The molecule has 2 aromatic rings. The Morgan fingerprint density at radius 3 is 2.11 bits per heavy atom. The second kappa shape index (κ2) is 10.3. The van der Waals surface area contributed by atoms with Crippen molar-refractivity contribution in [1.29, 1.82) is 0 Å². The van der Waals surface area contributed by atoms with Crippen molar-refractivity contribution in [3.8, 4) is 0 Å². The molecule has 198 valence electrons. The molecule has 0 amide bonds. The number of hydrogen-bond acceptors (Lipinski definition) is 2. The summed E-state index contributed by atoms with van der Waals surface area (Å²) < 4.78 is 13.5. The van der Waals surface area contributed by atoms with Crippen molar-refractivity contribution in [2.75, 3.05) is 0 Å². The predicted molar refractivity (Wildman–Crippen MR) is 151 cm³/mol. The molecule has 0 aliphatic heterocycles. The Kier molecular flexibility index (Phi) is 7.10. The second-order valence-corrected chi connectivity index (χ2v) is 13.1. The number of fused-ring (bicyclic) bond motifs is 5. The average Bonchev–Trinajstić information content (AvgIpc) is 3.28. The van der Waals surface area contributed by atoms with Crippen LogP contribution in [0.2, 0.25) is 0 Å². The standard InChI is InChI=1S/C35H46O2/c1-4-27-15-16-30-29-22-33(37-24-26-13-9-6-10-14-26)32-21-28(36-23-25-11-7-5-8-12-25)17-19-35(32,3)31(29)18-20-34(27,30)2/h4-14,28-33H,15-24H2,1-3H3/b27-4-/t28-,29-,30-,31-,32+,33+,34+,35+/m0/s1. The molecule has 0 radical (unpaired) electrons. The summed E-state index contributed by atoms with van der Waals surface area (Å²) in [5.74, 6) is 3.03. The fourth-order valence-electron chi connectivity index (χ4n) is 9.46. The van der Waals surface area contributed by atoms with E-state index in [-0.39, 0.29) is 0 Å². The van der Waals surface area contributed by atoms with E-state index in [9.17, 15) is 0 Å². The van der Waals surface area contributed by atoms with E-state index in [0.29, 0.717) is 29.0 Å². The first kappa shape index (κ1) is 25.4. The molecule has 0 spiro atoms. The molecule has 8 atom stereocenters. The van der Waals surface area contributed by atoms with E-state index >= 15 is 0 Å². The first-order valence-electron chi connectivity index (χ1n) is 15.0. The third kappa shape index (κ3) is 4.63. The van der Waals surface area contributed by atoms with Gasteiger partial charge in [-0.25, -0.2) is 0 Å². The quantitative estimate of drug-likeness (QED) is 0.371. The van der Waals surface area contributed by atoms with Gasteiger partial charge in [0.15, 0.2) is 0 Å². The van der Waals surface area contributed by atoms with Gasteiger partial charge in [0.2, 0.25) is 0 Å². The summed E-state index contributed by atoms with van der Waals surface area (Å²) in [6.07, 6.45) is 13.4. The summed E-state index contributed by atoms with van der Waals surface area (Å²) in [7, 11) is 0. The van der Waals surface area contributed by atoms with Crippen LogP contribution in [-0.2, 0) is 22.7 Å². The third-order valence-corrected chi connectivity index (χ3v) is 11.4. The van der Waals surface area contributed by atoms with Gasteiger partial charge in [-0.15, -0.1) is 0 Å². The molecule has 0 saturated heterocycles. The van der Waals surface area contributed by atoms with Gasteiger partial charge in [-0.2, -0.15) is 0 Å². The summed E-state index contributed by atoms with van der Waals surface area (Å²) in [5.41, 5.74) is 5.09. The van der Waals surface area contributed by atoms with Crippen molar-refractivity contribution in [2.45, 2.75) is 97.6 Å². The van der Waals surface area contributed by atoms with Crippen LogP contribution < -0.4 is 0 Å². The van der Waals surface area contributed by atoms with Gasteiger partial charge in [0, 0.05) is 0 Å². The van der Waals surface area contributed by atoms with E-state index in [1.807, 2.05) is 0 Å². The SMILES string of the molecule is C/C=C1/CC[C@H]2[C@@H]3C[C@@H](OCc4ccccc4)[C@H]4C[C@@H](OCc5ccccc5)CC[C@]4(C)[C@H]3CC[C@]12C. The third-order valence-electron chi connectivity index (χ3n) is 11.4. The normalized spacial score (nSPS) is 40.1. The molecule has 0 heterocycles. The van der Waals surface area contributed by atoms with Crippen LogP contribution in [0.25, 0.3) is 0 Å². The molecular weight excluding hydrogens is 452 g/mol. The topological polar surface area (TPSA) is 18.5 Å². The number of benzene rings is 2. The average molecular weight is 499 g/mol. The number of ether oxygens (including phenoxy) is 2. The molecule has 0 unspecified atom stereocenters. The zero-order valence-corrected chi connectivity index (χ0v) is 23.2. The van der Waals surface area contributed by atoms with E-state index in [1.54, 1.807) is 5.57 Å². The van der Waals surface area contributed by atoms with Crippen LogP contribution in [0.1, 0.15) is 83.3 Å². The lowest BCUT2D eigenvalue weighted by Crippen LogP contribution is -2.58. The predicted octanol–water partition coefficient (Wildman–Crippen LogP) is 8.76. The highest BCUT2D eigenvalue weighted by molar-refractivity contribution is 5.24. The summed E-state index contributed by atoms with van der Waals surface area (Å²) in [5, 5.41) is 0. The van der Waals surface area contributed by atoms with Crippen molar-refractivity contribution in [3.63, 3.8) is 0 Å². The van der Waals surface area contributed by atoms with E-state index in [0.717, 1.165) is 37.4 Å². The molecule has 37 heavy (non-hydrogen) atoms. The zero-order chi connectivity index (χ0) is 25.5. The second-order valence-electron chi connectivity index (χ2n) is 13.1. The molecule has 2 heteroatoms. The van der Waals surface area contributed by atoms with Gasteiger partial charge in [-0.05, 0) is 104 Å². The maximum Gasteiger partial charge on any atom is 0.0720 e. The summed E-state index contributed by atoms with van der Waals surface area (Å²) in [6.45, 7) is 8.97. The van der Waals surface area contributed by atoms with E-state index in [4.69, 9.17) is 9.47 Å². The smallest absolute Gasteiger partial charge is 0.0720 e. The van der Waals surface area contributed by atoms with Gasteiger partial charge in [-0.1, -0.05) is 86.2 Å². The lowest BCUT2D eigenvalue weighted by Gasteiger charge is -2.62. The molecule has 4 saturated carbocycles. The molecule has 0 N–H and O–H groups in total. The van der Waals surface area contributed by atoms with Crippen LogP contribution in [0, 0.1) is 34.5 Å². The maximum absolute atomic E-state index is 6.93. The molecule has 4 fully saturated rings. The largest absolute Gasteiger partial charge is 0.374 e. The summed E-state index contributed by atoms with van der Waals surface area (Å²) >= 11 is 0. The summed E-state index contributed by atoms with van der Waals surface area (Å²) in [4.78, 5) is 0. The first-order valence-corrected chi connectivity index (χ1v) is 15.0. The number of hydrogen-bond donors (Lipinski definition) is 0. The molecule has 6 rings (SSSR count). The molecule has 4 aliphatic rings. The van der Waals surface area contributed by atoms with Crippen LogP contribution in [0.4, 0.5) is 0 Å². The van der Waals surface area contributed by atoms with Crippen LogP contribution in [0.15, 0.2) is 72.3 Å². The molecule has 0 aromatic heterocycles. The van der Waals surface area contributed by atoms with Crippen molar-refractivity contribution >= 4 is 0 Å². The number of allylic oxidation sites excluding steroid dienone is 2. The minimum absolute atomic E-state index is 0.326. The Balaban J connectivity index is 1.24. The van der Waals surface area contributed by atoms with Crippen molar-refractivity contribution in [2.24, 2.45) is 34.5 Å². The molecule has 2 nitrogen and oxygen atoms in total. The maximum atomic E-state index is 6.93. The van der Waals surface area contributed by atoms with Gasteiger partial charge in [-0.3, -0.25) is 0 Å². The van der Waals surface area contributed by atoms with Gasteiger partial charge in [0.25, 0.3) is 0 Å². The Hall–Kier alpha value is -1.90. The number of rotatable bonds is 6. The van der Waals surface area contributed by atoms with Gasteiger partial charge >= 0.3 is 0 Å². The van der Waals surface area contributed by atoms with Crippen LogP contribution in [0.3, 0.4) is 0 Å². The molecule has 2 aromatic carbocycles. The van der Waals surface area contributed by atoms with Gasteiger partial charge in [0.1, 0.15) is 0 Å². The zero-order valence-electron chi connectivity index (χ0n) is 23.2. The minimum atomic E-state index is 0.326. The first-order chi connectivity index (χ1) is 18.0. The molecule has 0 bridgehead atoms. The van der Waals surface area contributed by atoms with E-state index < -0.39 is 0 Å². The van der Waals surface area contributed by atoms with Crippen molar-refractivity contribution in [3.05, 3.63) is 83.4 Å². The van der Waals surface area contributed by atoms with E-state index in [2.05, 4.69) is 87.5 Å². The van der Waals surface area contributed by atoms with Crippen LogP contribution in [-0.4, -0.2) is 12.2 Å². The lowest BCUT2D eigenvalue weighted by atomic mass is 9.44. The highest BCUT2D eigenvalue weighted by atomic mass is 16.5. The molecule has 4 aliphatic carbocycles.